The summed E-state index contributed by atoms with van der Waals surface area (Å²) in [5.41, 5.74) is 12.5. The van der Waals surface area contributed by atoms with Gasteiger partial charge in [-0.05, 0) is 18.2 Å². The predicted octanol–water partition coefficient (Wildman–Crippen LogP) is 0.586. The molecule has 2 aromatic rings. The lowest BCUT2D eigenvalue weighted by molar-refractivity contribution is 1.02. The van der Waals surface area contributed by atoms with Gasteiger partial charge in [0.1, 0.15) is 0 Å². The monoisotopic (exact) mass is 268 g/mol. The van der Waals surface area contributed by atoms with E-state index in [4.69, 9.17) is 17.3 Å². The molecular formula is C8H9BrN6. The van der Waals surface area contributed by atoms with Crippen LogP contribution >= 0.6 is 15.9 Å². The van der Waals surface area contributed by atoms with Crippen molar-refractivity contribution in [2.45, 2.75) is 0 Å². The van der Waals surface area contributed by atoms with Crippen molar-refractivity contribution >= 4 is 27.6 Å². The Hall–Kier alpha value is -1.76. The summed E-state index contributed by atoms with van der Waals surface area (Å²) in [6.45, 7) is 0. The number of halogens is 1. The SMILES string of the molecule is Nc1cc(Br)cc(-c2nnc(N)n2N)c1. The van der Waals surface area contributed by atoms with Crippen LogP contribution < -0.4 is 17.3 Å². The predicted molar refractivity (Wildman–Crippen MR) is 62.1 cm³/mol. The molecule has 0 fully saturated rings. The largest absolute Gasteiger partial charge is 0.399 e. The Kier molecular flexibility index (Phi) is 2.24. The van der Waals surface area contributed by atoms with E-state index < -0.39 is 0 Å². The van der Waals surface area contributed by atoms with Crippen molar-refractivity contribution in [1.29, 1.82) is 0 Å². The van der Waals surface area contributed by atoms with E-state index >= 15 is 0 Å². The van der Waals surface area contributed by atoms with Crippen LogP contribution in [0.5, 0.6) is 0 Å². The number of nitrogens with zero attached hydrogens (tertiary/aromatic N) is 3. The average molecular weight is 269 g/mol. The molecule has 1 aromatic heterocycles. The highest BCUT2D eigenvalue weighted by Crippen LogP contribution is 2.24. The molecule has 0 aliphatic carbocycles. The normalized spacial score (nSPS) is 10.5. The fraction of sp³-hybridized carbons (Fsp3) is 0. The van der Waals surface area contributed by atoms with E-state index in [1.165, 1.54) is 4.68 Å². The molecule has 0 aliphatic heterocycles. The second-order valence-corrected chi connectivity index (χ2v) is 3.94. The Balaban J connectivity index is 2.58. The highest BCUT2D eigenvalue weighted by Gasteiger charge is 2.09. The molecule has 0 bridgehead atoms. The van der Waals surface area contributed by atoms with Crippen molar-refractivity contribution in [3.05, 3.63) is 22.7 Å². The third kappa shape index (κ3) is 1.73. The number of hydrogen-bond donors (Lipinski definition) is 3. The number of hydrogen-bond acceptors (Lipinski definition) is 5. The van der Waals surface area contributed by atoms with Crippen molar-refractivity contribution in [3.63, 3.8) is 0 Å². The van der Waals surface area contributed by atoms with E-state index in [-0.39, 0.29) is 5.95 Å². The van der Waals surface area contributed by atoms with Crippen LogP contribution in [0.15, 0.2) is 22.7 Å². The molecule has 0 unspecified atom stereocenters. The van der Waals surface area contributed by atoms with Crippen molar-refractivity contribution in [1.82, 2.24) is 14.9 Å². The lowest BCUT2D eigenvalue weighted by Crippen LogP contribution is -2.13. The van der Waals surface area contributed by atoms with E-state index in [2.05, 4.69) is 26.1 Å². The molecule has 0 saturated heterocycles. The van der Waals surface area contributed by atoms with E-state index in [1.54, 1.807) is 12.1 Å². The van der Waals surface area contributed by atoms with Gasteiger partial charge in [0, 0.05) is 15.7 Å². The van der Waals surface area contributed by atoms with Crippen molar-refractivity contribution in [3.8, 4) is 11.4 Å². The zero-order chi connectivity index (χ0) is 11.0. The topological polar surface area (TPSA) is 109 Å². The second kappa shape index (κ2) is 3.43. The van der Waals surface area contributed by atoms with Crippen molar-refractivity contribution in [2.75, 3.05) is 17.3 Å². The second-order valence-electron chi connectivity index (χ2n) is 3.03. The zero-order valence-electron chi connectivity index (χ0n) is 7.68. The number of nitrogens with two attached hydrogens (primary N) is 3. The molecule has 15 heavy (non-hydrogen) atoms. The van der Waals surface area contributed by atoms with E-state index in [9.17, 15) is 0 Å². The fourth-order valence-electron chi connectivity index (χ4n) is 1.24. The standard InChI is InChI=1S/C8H9BrN6/c9-5-1-4(2-6(10)3-5)7-13-14-8(11)15(7)12/h1-3H,10,12H2,(H2,11,14). The Bertz CT molecular complexity index is 486. The minimum atomic E-state index is 0.156. The van der Waals surface area contributed by atoms with E-state index in [0.29, 0.717) is 11.5 Å². The lowest BCUT2D eigenvalue weighted by Gasteiger charge is -2.03. The maximum atomic E-state index is 5.69. The zero-order valence-corrected chi connectivity index (χ0v) is 9.27. The molecule has 78 valence electrons. The Morgan fingerprint density at radius 2 is 1.87 bits per heavy atom. The number of aromatic nitrogens is 3. The quantitative estimate of drug-likeness (QED) is 0.518. The molecule has 2 rings (SSSR count). The summed E-state index contributed by atoms with van der Waals surface area (Å²) in [7, 11) is 0. The van der Waals surface area contributed by atoms with Gasteiger partial charge in [0.15, 0.2) is 5.82 Å². The molecule has 0 saturated carbocycles. The fourth-order valence-corrected chi connectivity index (χ4v) is 1.75. The summed E-state index contributed by atoms with van der Waals surface area (Å²) >= 11 is 3.33. The summed E-state index contributed by atoms with van der Waals surface area (Å²) in [5, 5.41) is 7.52. The molecule has 7 heteroatoms. The first-order chi connectivity index (χ1) is 7.08. The van der Waals surface area contributed by atoms with Crippen LogP contribution in [0.25, 0.3) is 11.4 Å². The minimum Gasteiger partial charge on any atom is -0.399 e. The Morgan fingerprint density at radius 3 is 2.40 bits per heavy atom. The van der Waals surface area contributed by atoms with Gasteiger partial charge in [-0.3, -0.25) is 0 Å². The van der Waals surface area contributed by atoms with Crippen LogP contribution in [-0.2, 0) is 0 Å². The number of nitrogen functional groups attached to an aromatic ring is 3. The average Bonchev–Trinajstić information content (AvgIpc) is 2.46. The Labute approximate surface area is 94.2 Å². The number of benzene rings is 1. The van der Waals surface area contributed by atoms with Gasteiger partial charge in [0.25, 0.3) is 0 Å². The minimum absolute atomic E-state index is 0.156. The van der Waals surface area contributed by atoms with Crippen LogP contribution in [0.2, 0.25) is 0 Å². The summed E-state index contributed by atoms with van der Waals surface area (Å²) in [4.78, 5) is 0. The van der Waals surface area contributed by atoms with Gasteiger partial charge in [0.2, 0.25) is 5.95 Å². The molecular weight excluding hydrogens is 260 g/mol. The van der Waals surface area contributed by atoms with Gasteiger partial charge in [-0.15, -0.1) is 10.2 Å². The van der Waals surface area contributed by atoms with Crippen LogP contribution in [0.3, 0.4) is 0 Å². The molecule has 0 atom stereocenters. The number of anilines is 2. The van der Waals surface area contributed by atoms with Crippen LogP contribution in [0, 0.1) is 0 Å². The first kappa shape index (κ1) is 9.78. The van der Waals surface area contributed by atoms with Gasteiger partial charge < -0.3 is 17.3 Å². The smallest absolute Gasteiger partial charge is 0.241 e. The van der Waals surface area contributed by atoms with Crippen molar-refractivity contribution in [2.24, 2.45) is 0 Å². The summed E-state index contributed by atoms with van der Waals surface area (Å²) < 4.78 is 2.06. The lowest BCUT2D eigenvalue weighted by atomic mass is 10.2. The molecule has 0 radical (unpaired) electrons. The maximum absolute atomic E-state index is 5.69. The van der Waals surface area contributed by atoms with Gasteiger partial charge >= 0.3 is 0 Å². The summed E-state index contributed by atoms with van der Waals surface area (Å²) in [5.74, 6) is 6.27. The molecule has 0 amide bonds. The molecule has 6 N–H and O–H groups in total. The van der Waals surface area contributed by atoms with Crippen LogP contribution in [0.1, 0.15) is 0 Å². The summed E-state index contributed by atoms with van der Waals surface area (Å²) in [6, 6.07) is 5.37. The molecule has 1 heterocycles. The molecule has 0 aliphatic rings. The van der Waals surface area contributed by atoms with Gasteiger partial charge in [0.05, 0.1) is 0 Å². The van der Waals surface area contributed by atoms with Gasteiger partial charge in [-0.2, -0.15) is 0 Å². The number of rotatable bonds is 1. The third-order valence-electron chi connectivity index (χ3n) is 1.90. The van der Waals surface area contributed by atoms with Crippen LogP contribution in [0.4, 0.5) is 11.6 Å². The molecule has 6 nitrogen and oxygen atoms in total. The first-order valence-electron chi connectivity index (χ1n) is 4.10. The van der Waals surface area contributed by atoms with E-state index in [0.717, 1.165) is 10.0 Å². The highest BCUT2D eigenvalue weighted by molar-refractivity contribution is 9.10. The molecule has 0 spiro atoms. The van der Waals surface area contributed by atoms with Crippen LogP contribution in [-0.4, -0.2) is 14.9 Å². The van der Waals surface area contributed by atoms with Gasteiger partial charge in [-0.1, -0.05) is 15.9 Å². The first-order valence-corrected chi connectivity index (χ1v) is 4.89. The van der Waals surface area contributed by atoms with Gasteiger partial charge in [-0.25, -0.2) is 4.68 Å². The highest BCUT2D eigenvalue weighted by atomic mass is 79.9. The summed E-state index contributed by atoms with van der Waals surface area (Å²) in [6.07, 6.45) is 0. The Morgan fingerprint density at radius 1 is 1.13 bits per heavy atom. The molecule has 1 aromatic carbocycles. The van der Waals surface area contributed by atoms with E-state index in [1.807, 2.05) is 6.07 Å². The maximum Gasteiger partial charge on any atom is 0.241 e. The third-order valence-corrected chi connectivity index (χ3v) is 2.36. The van der Waals surface area contributed by atoms with Crippen molar-refractivity contribution < 1.29 is 0 Å².